The Bertz CT molecular complexity index is 728. The Morgan fingerprint density at radius 2 is 2.09 bits per heavy atom. The molecule has 1 aromatic heterocycles. The topological polar surface area (TPSA) is 69.2 Å². The van der Waals surface area contributed by atoms with E-state index >= 15 is 0 Å². The molecule has 1 aromatic carbocycles. The van der Waals surface area contributed by atoms with Crippen LogP contribution < -0.4 is 5.56 Å². The Morgan fingerprint density at radius 3 is 2.87 bits per heavy atom. The molecule has 1 aliphatic carbocycles. The highest BCUT2D eigenvalue weighted by atomic mass is 16.3. The first-order chi connectivity index (χ1) is 11.1. The number of nitrogens with zero attached hydrogens (tertiary/aromatic N) is 2. The van der Waals surface area contributed by atoms with Gasteiger partial charge in [0, 0.05) is 6.54 Å². The smallest absolute Gasteiger partial charge is 0.258 e. The van der Waals surface area contributed by atoms with Crippen LogP contribution in [0.5, 0.6) is 0 Å². The van der Waals surface area contributed by atoms with E-state index in [0.717, 1.165) is 31.3 Å². The van der Waals surface area contributed by atoms with E-state index in [1.165, 1.54) is 6.42 Å². The fourth-order valence-corrected chi connectivity index (χ4v) is 3.44. The molecule has 1 fully saturated rings. The molecule has 0 saturated heterocycles. The second kappa shape index (κ2) is 6.81. The van der Waals surface area contributed by atoms with E-state index < -0.39 is 0 Å². The van der Waals surface area contributed by atoms with Crippen molar-refractivity contribution in [2.75, 3.05) is 13.6 Å². The maximum Gasteiger partial charge on any atom is 0.258 e. The Hall–Kier alpha value is -1.72. The SMILES string of the molecule is CC(c1nc2ccccc2c(=O)[nH]1)N(C)CC1CCCCC1O. The highest BCUT2D eigenvalue weighted by Gasteiger charge is 2.26. The fourth-order valence-electron chi connectivity index (χ4n) is 3.44. The van der Waals surface area contributed by atoms with Gasteiger partial charge in [-0.05, 0) is 44.9 Å². The zero-order valence-electron chi connectivity index (χ0n) is 13.8. The van der Waals surface area contributed by atoms with Gasteiger partial charge in [-0.3, -0.25) is 9.69 Å². The number of rotatable bonds is 4. The van der Waals surface area contributed by atoms with Crippen LogP contribution in [0.1, 0.15) is 44.5 Å². The van der Waals surface area contributed by atoms with E-state index in [-0.39, 0.29) is 17.7 Å². The first-order valence-electron chi connectivity index (χ1n) is 8.43. The van der Waals surface area contributed by atoms with Gasteiger partial charge in [0.15, 0.2) is 0 Å². The predicted molar refractivity (Wildman–Crippen MR) is 91.4 cm³/mol. The summed E-state index contributed by atoms with van der Waals surface area (Å²) in [6.07, 6.45) is 4.07. The number of aromatic nitrogens is 2. The van der Waals surface area contributed by atoms with Crippen molar-refractivity contribution in [3.8, 4) is 0 Å². The van der Waals surface area contributed by atoms with Gasteiger partial charge >= 0.3 is 0 Å². The van der Waals surface area contributed by atoms with Crippen molar-refractivity contribution >= 4 is 10.9 Å². The summed E-state index contributed by atoms with van der Waals surface area (Å²) in [5.41, 5.74) is 0.632. The van der Waals surface area contributed by atoms with Crippen LogP contribution in [0.15, 0.2) is 29.1 Å². The summed E-state index contributed by atoms with van der Waals surface area (Å²) in [6, 6.07) is 7.40. The Labute approximate surface area is 136 Å². The molecule has 1 heterocycles. The van der Waals surface area contributed by atoms with Crippen LogP contribution in [0, 0.1) is 5.92 Å². The van der Waals surface area contributed by atoms with Crippen molar-refractivity contribution in [1.29, 1.82) is 0 Å². The van der Waals surface area contributed by atoms with E-state index in [0.29, 0.717) is 17.1 Å². The molecule has 0 spiro atoms. The fraction of sp³-hybridized carbons (Fsp3) is 0.556. The van der Waals surface area contributed by atoms with E-state index in [9.17, 15) is 9.90 Å². The molecule has 3 atom stereocenters. The second-order valence-corrected chi connectivity index (χ2v) is 6.70. The number of aliphatic hydroxyl groups is 1. The van der Waals surface area contributed by atoms with Gasteiger partial charge in [-0.25, -0.2) is 4.98 Å². The van der Waals surface area contributed by atoms with Crippen LogP contribution in [0.25, 0.3) is 10.9 Å². The van der Waals surface area contributed by atoms with Crippen molar-refractivity contribution in [2.24, 2.45) is 5.92 Å². The molecule has 3 rings (SSSR count). The quantitative estimate of drug-likeness (QED) is 0.909. The monoisotopic (exact) mass is 315 g/mol. The maximum atomic E-state index is 12.2. The van der Waals surface area contributed by atoms with Crippen molar-refractivity contribution in [3.05, 3.63) is 40.4 Å². The van der Waals surface area contributed by atoms with Crippen LogP contribution in [0.2, 0.25) is 0 Å². The van der Waals surface area contributed by atoms with Crippen LogP contribution in [-0.2, 0) is 0 Å². The van der Waals surface area contributed by atoms with Crippen molar-refractivity contribution < 1.29 is 5.11 Å². The normalized spacial score (nSPS) is 23.3. The first-order valence-corrected chi connectivity index (χ1v) is 8.43. The van der Waals surface area contributed by atoms with E-state index in [2.05, 4.69) is 14.9 Å². The average Bonchev–Trinajstić information content (AvgIpc) is 2.56. The number of benzene rings is 1. The summed E-state index contributed by atoms with van der Waals surface area (Å²) >= 11 is 0. The molecule has 2 N–H and O–H groups in total. The van der Waals surface area contributed by atoms with Crippen LogP contribution in [0.4, 0.5) is 0 Å². The number of aromatic amines is 1. The minimum Gasteiger partial charge on any atom is -0.393 e. The number of fused-ring (bicyclic) bond motifs is 1. The number of hydrogen-bond acceptors (Lipinski definition) is 4. The lowest BCUT2D eigenvalue weighted by Gasteiger charge is -2.33. The van der Waals surface area contributed by atoms with Gasteiger partial charge in [-0.15, -0.1) is 0 Å². The number of nitrogens with one attached hydrogen (secondary N) is 1. The summed E-state index contributed by atoms with van der Waals surface area (Å²) in [5, 5.41) is 10.8. The molecule has 0 amide bonds. The van der Waals surface area contributed by atoms with E-state index in [4.69, 9.17) is 0 Å². The maximum absolute atomic E-state index is 12.2. The lowest BCUT2D eigenvalue weighted by molar-refractivity contribution is 0.0439. The molecular weight excluding hydrogens is 290 g/mol. The first kappa shape index (κ1) is 16.1. The number of para-hydroxylation sites is 1. The lowest BCUT2D eigenvalue weighted by atomic mass is 9.86. The van der Waals surface area contributed by atoms with Crippen molar-refractivity contribution in [1.82, 2.24) is 14.9 Å². The van der Waals surface area contributed by atoms with Crippen LogP contribution >= 0.6 is 0 Å². The number of aliphatic hydroxyl groups excluding tert-OH is 1. The number of H-pyrrole nitrogens is 1. The molecule has 2 aromatic rings. The molecule has 124 valence electrons. The van der Waals surface area contributed by atoms with Gasteiger partial charge in [0.1, 0.15) is 5.82 Å². The minimum atomic E-state index is -0.206. The van der Waals surface area contributed by atoms with Crippen LogP contribution in [-0.4, -0.2) is 39.7 Å². The van der Waals surface area contributed by atoms with Gasteiger partial charge in [-0.1, -0.05) is 25.0 Å². The molecular formula is C18H25N3O2. The zero-order chi connectivity index (χ0) is 16.4. The molecule has 1 aliphatic rings. The van der Waals surface area contributed by atoms with Crippen molar-refractivity contribution in [2.45, 2.75) is 44.8 Å². The lowest BCUT2D eigenvalue weighted by Crippen LogP contribution is -2.37. The minimum absolute atomic E-state index is 0.00133. The third-order valence-electron chi connectivity index (χ3n) is 5.08. The third-order valence-corrected chi connectivity index (χ3v) is 5.08. The Balaban J connectivity index is 1.79. The van der Waals surface area contributed by atoms with Gasteiger partial charge in [0.25, 0.3) is 5.56 Å². The number of hydrogen-bond donors (Lipinski definition) is 2. The van der Waals surface area contributed by atoms with Gasteiger partial charge < -0.3 is 10.1 Å². The molecule has 0 aliphatic heterocycles. The summed E-state index contributed by atoms with van der Waals surface area (Å²) < 4.78 is 0. The van der Waals surface area contributed by atoms with Crippen molar-refractivity contribution in [3.63, 3.8) is 0 Å². The molecule has 0 bridgehead atoms. The molecule has 3 unspecified atom stereocenters. The molecule has 0 radical (unpaired) electrons. The second-order valence-electron chi connectivity index (χ2n) is 6.70. The highest BCUT2D eigenvalue weighted by molar-refractivity contribution is 5.77. The largest absolute Gasteiger partial charge is 0.393 e. The van der Waals surface area contributed by atoms with E-state index in [1.807, 2.05) is 32.2 Å². The Morgan fingerprint density at radius 1 is 1.35 bits per heavy atom. The van der Waals surface area contributed by atoms with Gasteiger partial charge in [0.05, 0.1) is 23.0 Å². The summed E-state index contributed by atoms with van der Waals surface area (Å²) in [6.45, 7) is 2.86. The van der Waals surface area contributed by atoms with Gasteiger partial charge in [0.2, 0.25) is 0 Å². The third kappa shape index (κ3) is 3.46. The highest BCUT2D eigenvalue weighted by Crippen LogP contribution is 2.27. The van der Waals surface area contributed by atoms with Gasteiger partial charge in [-0.2, -0.15) is 0 Å². The van der Waals surface area contributed by atoms with Crippen LogP contribution in [0.3, 0.4) is 0 Å². The summed E-state index contributed by atoms with van der Waals surface area (Å²) in [7, 11) is 2.03. The molecule has 1 saturated carbocycles. The average molecular weight is 315 g/mol. The molecule has 23 heavy (non-hydrogen) atoms. The molecule has 5 nitrogen and oxygen atoms in total. The zero-order valence-corrected chi connectivity index (χ0v) is 13.8. The summed E-state index contributed by atoms with van der Waals surface area (Å²) in [5.74, 6) is 0.991. The molecule has 5 heteroatoms. The standard InChI is InChI=1S/C18H25N3O2/c1-12(21(2)11-13-7-3-6-10-16(13)22)17-19-15-9-5-4-8-14(15)18(23)20-17/h4-5,8-9,12-13,16,22H,3,6-7,10-11H2,1-2H3,(H,19,20,23). The van der Waals surface area contributed by atoms with E-state index in [1.54, 1.807) is 6.07 Å². The Kier molecular flexibility index (Phi) is 4.78. The summed E-state index contributed by atoms with van der Waals surface area (Å²) in [4.78, 5) is 21.9. The predicted octanol–water partition coefficient (Wildman–Crippen LogP) is 2.47.